The van der Waals surface area contributed by atoms with E-state index in [4.69, 9.17) is 10.5 Å². The second kappa shape index (κ2) is 3.84. The van der Waals surface area contributed by atoms with E-state index in [2.05, 4.69) is 4.98 Å². The van der Waals surface area contributed by atoms with Crippen molar-refractivity contribution in [3.63, 3.8) is 0 Å². The van der Waals surface area contributed by atoms with Crippen molar-refractivity contribution in [2.45, 2.75) is 31.5 Å². The van der Waals surface area contributed by atoms with Crippen LogP contribution in [0.25, 0.3) is 0 Å². The Kier molecular flexibility index (Phi) is 2.64. The topological polar surface area (TPSA) is 90.4 Å². The first kappa shape index (κ1) is 11.0. The molecule has 0 radical (unpaired) electrons. The summed E-state index contributed by atoms with van der Waals surface area (Å²) in [6.45, 7) is 1.53. The summed E-state index contributed by atoms with van der Waals surface area (Å²) < 4.78 is 19.7. The van der Waals surface area contributed by atoms with Crippen LogP contribution < -0.4 is 11.4 Å². The van der Waals surface area contributed by atoms with Crippen LogP contribution in [0.15, 0.2) is 17.1 Å². The highest BCUT2D eigenvalue weighted by atomic mass is 19.1. The molecule has 1 aromatic rings. The van der Waals surface area contributed by atoms with Gasteiger partial charge in [0.25, 0.3) is 0 Å². The highest BCUT2D eigenvalue weighted by molar-refractivity contribution is 5.23. The van der Waals surface area contributed by atoms with Gasteiger partial charge < -0.3 is 15.6 Å². The van der Waals surface area contributed by atoms with E-state index in [0.717, 1.165) is 4.57 Å². The quantitative estimate of drug-likeness (QED) is 0.673. The fraction of sp³-hybridized carbons (Fsp3) is 0.556. The molecule has 3 unspecified atom stereocenters. The Morgan fingerprint density at radius 1 is 1.69 bits per heavy atom. The molecule has 0 aliphatic carbocycles. The number of alkyl halides is 1. The van der Waals surface area contributed by atoms with Gasteiger partial charge in [-0.15, -0.1) is 0 Å². The molecule has 88 valence electrons. The van der Waals surface area contributed by atoms with Gasteiger partial charge in [0.05, 0.1) is 6.10 Å². The molecule has 0 aromatic carbocycles. The lowest BCUT2D eigenvalue weighted by Crippen LogP contribution is -2.33. The van der Waals surface area contributed by atoms with E-state index < -0.39 is 30.3 Å². The number of aromatic nitrogens is 2. The molecule has 7 heteroatoms. The minimum absolute atomic E-state index is 0.0586. The van der Waals surface area contributed by atoms with E-state index in [-0.39, 0.29) is 5.82 Å². The minimum atomic E-state index is -1.65. The zero-order chi connectivity index (χ0) is 11.9. The number of hydrogen-bond donors (Lipinski definition) is 2. The average molecular weight is 229 g/mol. The summed E-state index contributed by atoms with van der Waals surface area (Å²) in [6, 6.07) is 1.37. The van der Waals surface area contributed by atoms with E-state index >= 15 is 0 Å². The molecule has 0 amide bonds. The van der Waals surface area contributed by atoms with Crippen LogP contribution in [0.5, 0.6) is 0 Å². The number of aliphatic hydroxyl groups is 1. The largest absolute Gasteiger partial charge is 0.387 e. The van der Waals surface area contributed by atoms with Crippen LogP contribution in [0.2, 0.25) is 0 Å². The average Bonchev–Trinajstić information content (AvgIpc) is 2.46. The Labute approximate surface area is 90.5 Å². The summed E-state index contributed by atoms with van der Waals surface area (Å²) in [4.78, 5) is 14.9. The predicted molar refractivity (Wildman–Crippen MR) is 53.4 cm³/mol. The molecule has 2 rings (SSSR count). The molecule has 0 bridgehead atoms. The summed E-state index contributed by atoms with van der Waals surface area (Å²) in [5.74, 6) is 0.0586. The molecule has 1 aliphatic heterocycles. The Morgan fingerprint density at radius 3 is 2.88 bits per heavy atom. The number of nitrogen functional groups attached to an aromatic ring is 1. The third kappa shape index (κ3) is 1.68. The summed E-state index contributed by atoms with van der Waals surface area (Å²) in [6.07, 6.45) is -3.41. The van der Waals surface area contributed by atoms with Crippen molar-refractivity contribution in [3.8, 4) is 0 Å². The fourth-order valence-electron chi connectivity index (χ4n) is 1.64. The maximum absolute atomic E-state index is 13.6. The number of halogens is 1. The summed E-state index contributed by atoms with van der Waals surface area (Å²) >= 11 is 0. The van der Waals surface area contributed by atoms with Crippen LogP contribution in [-0.4, -0.2) is 33.0 Å². The van der Waals surface area contributed by atoms with E-state index in [1.165, 1.54) is 19.2 Å². The molecule has 0 spiro atoms. The molecule has 1 fully saturated rings. The number of ether oxygens (including phenoxy) is 1. The Balaban J connectivity index is 2.35. The summed E-state index contributed by atoms with van der Waals surface area (Å²) in [7, 11) is 0. The van der Waals surface area contributed by atoms with Gasteiger partial charge in [-0.3, -0.25) is 4.57 Å². The molecule has 2 heterocycles. The maximum Gasteiger partial charge on any atom is 0.351 e. The highest BCUT2D eigenvalue weighted by Crippen LogP contribution is 2.30. The number of nitrogens with two attached hydrogens (primary N) is 1. The Bertz CT molecular complexity index is 450. The minimum Gasteiger partial charge on any atom is -0.387 e. The second-order valence-corrected chi connectivity index (χ2v) is 3.71. The van der Waals surface area contributed by atoms with Gasteiger partial charge in [0.15, 0.2) is 12.4 Å². The summed E-state index contributed by atoms with van der Waals surface area (Å²) in [5.41, 5.74) is 4.61. The molecule has 16 heavy (non-hydrogen) atoms. The van der Waals surface area contributed by atoms with E-state index in [0.29, 0.717) is 0 Å². The van der Waals surface area contributed by atoms with Gasteiger partial charge in [-0.25, -0.2) is 9.18 Å². The van der Waals surface area contributed by atoms with Crippen LogP contribution in [-0.2, 0) is 4.74 Å². The third-order valence-corrected chi connectivity index (χ3v) is 2.56. The maximum atomic E-state index is 13.6. The number of nitrogens with zero attached hydrogens (tertiary/aromatic N) is 2. The second-order valence-electron chi connectivity index (χ2n) is 3.71. The van der Waals surface area contributed by atoms with Crippen molar-refractivity contribution in [3.05, 3.63) is 22.7 Å². The zero-order valence-corrected chi connectivity index (χ0v) is 8.58. The first-order valence-corrected chi connectivity index (χ1v) is 4.83. The molecule has 0 saturated carbocycles. The number of aliphatic hydroxyl groups excluding tert-OH is 1. The molecule has 1 aromatic heterocycles. The number of hydrogen-bond acceptors (Lipinski definition) is 5. The van der Waals surface area contributed by atoms with Crippen LogP contribution in [0.4, 0.5) is 10.2 Å². The Hall–Kier alpha value is -1.47. The van der Waals surface area contributed by atoms with Crippen LogP contribution in [0.3, 0.4) is 0 Å². The van der Waals surface area contributed by atoms with Crippen LogP contribution in [0, 0.1) is 0 Å². The van der Waals surface area contributed by atoms with Gasteiger partial charge in [-0.2, -0.15) is 4.98 Å². The lowest BCUT2D eigenvalue weighted by Gasteiger charge is -2.15. The van der Waals surface area contributed by atoms with E-state index in [1.54, 1.807) is 0 Å². The van der Waals surface area contributed by atoms with Gasteiger partial charge in [0.2, 0.25) is 0 Å². The zero-order valence-electron chi connectivity index (χ0n) is 8.58. The van der Waals surface area contributed by atoms with Gasteiger partial charge in [0.1, 0.15) is 11.9 Å². The molecular formula is C9H12FN3O3. The summed E-state index contributed by atoms with van der Waals surface area (Å²) in [5, 5.41) is 9.38. The fourth-order valence-corrected chi connectivity index (χ4v) is 1.64. The van der Waals surface area contributed by atoms with E-state index in [9.17, 15) is 14.3 Å². The molecule has 6 nitrogen and oxygen atoms in total. The SMILES string of the molecule is CC1OC(n2ccc(N)nc2=O)C(F)[C@@H]1O. The third-order valence-electron chi connectivity index (χ3n) is 2.56. The monoisotopic (exact) mass is 229 g/mol. The smallest absolute Gasteiger partial charge is 0.351 e. The van der Waals surface area contributed by atoms with Gasteiger partial charge in [0, 0.05) is 6.20 Å². The molecule has 1 saturated heterocycles. The molecule has 4 atom stereocenters. The lowest BCUT2D eigenvalue weighted by atomic mass is 10.2. The van der Waals surface area contributed by atoms with E-state index in [1.807, 2.05) is 0 Å². The van der Waals surface area contributed by atoms with Crippen LogP contribution >= 0.6 is 0 Å². The molecular weight excluding hydrogens is 217 g/mol. The predicted octanol–water partition coefficient (Wildman–Crippen LogP) is -0.558. The van der Waals surface area contributed by atoms with Crippen molar-refractivity contribution < 1.29 is 14.2 Å². The van der Waals surface area contributed by atoms with Crippen molar-refractivity contribution in [2.24, 2.45) is 0 Å². The highest BCUT2D eigenvalue weighted by Gasteiger charge is 2.43. The Morgan fingerprint density at radius 2 is 2.38 bits per heavy atom. The first-order chi connectivity index (χ1) is 7.50. The van der Waals surface area contributed by atoms with Crippen molar-refractivity contribution in [2.75, 3.05) is 5.73 Å². The van der Waals surface area contributed by atoms with Gasteiger partial charge in [-0.05, 0) is 13.0 Å². The van der Waals surface area contributed by atoms with Crippen molar-refractivity contribution >= 4 is 5.82 Å². The standard InChI is InChI=1S/C9H12FN3O3/c1-4-7(14)6(10)8(16-4)13-3-2-5(11)12-9(13)15/h2-4,6-8,14H,1H3,(H2,11,12,15)/t4?,6?,7-,8?/m1/s1. The van der Waals surface area contributed by atoms with Gasteiger partial charge >= 0.3 is 5.69 Å². The number of rotatable bonds is 1. The molecule has 1 aliphatic rings. The number of anilines is 1. The normalized spacial score (nSPS) is 34.2. The van der Waals surface area contributed by atoms with Gasteiger partial charge in [-0.1, -0.05) is 0 Å². The first-order valence-electron chi connectivity index (χ1n) is 4.83. The lowest BCUT2D eigenvalue weighted by molar-refractivity contribution is -0.0183. The molecule has 3 N–H and O–H groups in total. The van der Waals surface area contributed by atoms with Crippen molar-refractivity contribution in [1.29, 1.82) is 0 Å². The van der Waals surface area contributed by atoms with Crippen LogP contribution in [0.1, 0.15) is 13.2 Å². The van der Waals surface area contributed by atoms with Crippen molar-refractivity contribution in [1.82, 2.24) is 9.55 Å².